The van der Waals surface area contributed by atoms with Gasteiger partial charge in [-0.2, -0.15) is 0 Å². The smallest absolute Gasteiger partial charge is 0.242 e. The molecule has 0 spiro atoms. The minimum absolute atomic E-state index is 0.145. The number of aryl methyl sites for hydroxylation is 1. The molecular weight excluding hydrogens is 440 g/mol. The largest absolute Gasteiger partial charge is 0.495 e. The number of ether oxygens (including phenoxy) is 1. The van der Waals surface area contributed by atoms with Crippen LogP contribution in [0.15, 0.2) is 71.2 Å². The van der Waals surface area contributed by atoms with Crippen molar-refractivity contribution < 1.29 is 9.53 Å². The Morgan fingerprint density at radius 1 is 1.16 bits per heavy atom. The summed E-state index contributed by atoms with van der Waals surface area (Å²) in [5.74, 6) is 1.29. The first kappa shape index (κ1) is 22.1. The number of nitrogens with one attached hydrogen (secondary N) is 1. The number of methoxy groups -OCH3 is 1. The van der Waals surface area contributed by atoms with Gasteiger partial charge in [-0.25, -0.2) is 0 Å². The predicted octanol–water partition coefficient (Wildman–Crippen LogP) is 5.82. The minimum atomic E-state index is -0.507. The van der Waals surface area contributed by atoms with Gasteiger partial charge < -0.3 is 14.6 Å². The molecule has 2 aromatic carbocycles. The van der Waals surface area contributed by atoms with Gasteiger partial charge in [0.2, 0.25) is 5.91 Å². The lowest BCUT2D eigenvalue weighted by atomic mass is 10.1. The maximum Gasteiger partial charge on any atom is 0.242 e. The van der Waals surface area contributed by atoms with E-state index < -0.39 is 5.25 Å². The lowest BCUT2D eigenvalue weighted by molar-refractivity contribution is -0.115. The number of hydrogen-bond acceptors (Lipinski definition) is 6. The van der Waals surface area contributed by atoms with E-state index in [2.05, 4.69) is 22.4 Å². The van der Waals surface area contributed by atoms with Crippen molar-refractivity contribution in [2.75, 3.05) is 12.4 Å². The van der Waals surface area contributed by atoms with Crippen LogP contribution in [0, 0.1) is 6.92 Å². The number of thioether (sulfide) groups is 1. The quantitative estimate of drug-likeness (QED) is 0.333. The molecule has 0 aliphatic rings. The maximum atomic E-state index is 13.5. The van der Waals surface area contributed by atoms with Crippen LogP contribution in [-0.2, 0) is 11.3 Å². The molecule has 6 nitrogen and oxygen atoms in total. The van der Waals surface area contributed by atoms with Crippen molar-refractivity contribution in [3.05, 3.63) is 77.2 Å². The third-order valence-corrected chi connectivity index (χ3v) is 7.05. The van der Waals surface area contributed by atoms with Gasteiger partial charge in [-0.05, 0) is 48.6 Å². The van der Waals surface area contributed by atoms with Crippen LogP contribution in [0.4, 0.5) is 5.69 Å². The summed E-state index contributed by atoms with van der Waals surface area (Å²) in [7, 11) is 1.60. The molecular formula is C24H24N4O2S2. The first-order chi connectivity index (χ1) is 15.6. The van der Waals surface area contributed by atoms with Crippen LogP contribution in [0.5, 0.6) is 5.75 Å². The summed E-state index contributed by atoms with van der Waals surface area (Å²) >= 11 is 3.02. The highest BCUT2D eigenvalue weighted by Gasteiger charge is 2.26. The standard InChI is InChI=1S/C24H24N4O2S2/c1-4-28-22(20-11-8-14-31-20)26-27-24(28)32-21(17-9-6-5-7-10-17)23(29)25-18-15-16(2)12-13-19(18)30-3/h5-15,21H,4H2,1-3H3,(H,25,29). The highest BCUT2D eigenvalue weighted by atomic mass is 32.2. The van der Waals surface area contributed by atoms with Crippen LogP contribution in [0.3, 0.4) is 0 Å². The Hall–Kier alpha value is -3.10. The van der Waals surface area contributed by atoms with E-state index >= 15 is 0 Å². The number of benzene rings is 2. The van der Waals surface area contributed by atoms with E-state index in [0.29, 0.717) is 23.1 Å². The van der Waals surface area contributed by atoms with Crippen LogP contribution >= 0.6 is 23.1 Å². The number of thiophene rings is 1. The van der Waals surface area contributed by atoms with Crippen molar-refractivity contribution >= 4 is 34.7 Å². The normalized spacial score (nSPS) is 11.8. The topological polar surface area (TPSA) is 69.0 Å². The van der Waals surface area contributed by atoms with Crippen molar-refractivity contribution in [3.63, 3.8) is 0 Å². The van der Waals surface area contributed by atoms with Crippen LogP contribution in [0.2, 0.25) is 0 Å². The number of rotatable bonds is 8. The molecule has 164 valence electrons. The summed E-state index contributed by atoms with van der Waals surface area (Å²) in [5, 5.41) is 14.1. The summed E-state index contributed by atoms with van der Waals surface area (Å²) in [6.07, 6.45) is 0. The number of amides is 1. The number of nitrogens with zero attached hydrogens (tertiary/aromatic N) is 3. The van der Waals surface area contributed by atoms with Crippen molar-refractivity contribution in [3.8, 4) is 16.5 Å². The summed E-state index contributed by atoms with van der Waals surface area (Å²) in [4.78, 5) is 14.5. The molecule has 1 amide bonds. The molecule has 0 bridgehead atoms. The van der Waals surface area contributed by atoms with Crippen molar-refractivity contribution in [2.45, 2.75) is 30.8 Å². The lowest BCUT2D eigenvalue weighted by Gasteiger charge is -2.18. The Labute approximate surface area is 195 Å². The molecule has 0 saturated heterocycles. The molecule has 1 N–H and O–H groups in total. The van der Waals surface area contributed by atoms with E-state index in [0.717, 1.165) is 21.8 Å². The molecule has 0 radical (unpaired) electrons. The van der Waals surface area contributed by atoms with Crippen LogP contribution < -0.4 is 10.1 Å². The van der Waals surface area contributed by atoms with E-state index in [4.69, 9.17) is 4.74 Å². The summed E-state index contributed by atoms with van der Waals surface area (Å²) in [5.41, 5.74) is 2.58. The van der Waals surface area contributed by atoms with E-state index in [1.165, 1.54) is 11.8 Å². The highest BCUT2D eigenvalue weighted by molar-refractivity contribution is 8.00. The number of aromatic nitrogens is 3. The first-order valence-electron chi connectivity index (χ1n) is 10.2. The van der Waals surface area contributed by atoms with Crippen LogP contribution in [-0.4, -0.2) is 27.8 Å². The average Bonchev–Trinajstić information content (AvgIpc) is 3.47. The molecule has 0 fully saturated rings. The zero-order chi connectivity index (χ0) is 22.5. The second kappa shape index (κ2) is 10.0. The summed E-state index contributed by atoms with van der Waals surface area (Å²) < 4.78 is 7.49. The van der Waals surface area contributed by atoms with Gasteiger partial charge in [0.15, 0.2) is 11.0 Å². The van der Waals surface area contributed by atoms with Gasteiger partial charge in [0, 0.05) is 6.54 Å². The Bertz CT molecular complexity index is 1190. The highest BCUT2D eigenvalue weighted by Crippen LogP contribution is 2.38. The van der Waals surface area contributed by atoms with E-state index in [9.17, 15) is 4.79 Å². The molecule has 8 heteroatoms. The van der Waals surface area contributed by atoms with Gasteiger partial charge >= 0.3 is 0 Å². The van der Waals surface area contributed by atoms with Crippen LogP contribution in [0.1, 0.15) is 23.3 Å². The minimum Gasteiger partial charge on any atom is -0.495 e. The van der Waals surface area contributed by atoms with Gasteiger partial charge in [0.25, 0.3) is 0 Å². The maximum absolute atomic E-state index is 13.5. The third-order valence-electron chi connectivity index (χ3n) is 4.95. The molecule has 32 heavy (non-hydrogen) atoms. The van der Waals surface area contributed by atoms with Gasteiger partial charge in [-0.3, -0.25) is 4.79 Å². The second-order valence-electron chi connectivity index (χ2n) is 7.13. The number of anilines is 1. The van der Waals surface area contributed by atoms with E-state index in [1.807, 2.05) is 77.5 Å². The molecule has 0 aliphatic carbocycles. The van der Waals surface area contributed by atoms with Gasteiger partial charge in [-0.15, -0.1) is 21.5 Å². The number of carbonyl (C=O) groups is 1. The summed E-state index contributed by atoms with van der Waals surface area (Å²) in [6.45, 7) is 4.74. The fourth-order valence-corrected chi connectivity index (χ4v) is 5.19. The first-order valence-corrected chi connectivity index (χ1v) is 12.0. The Morgan fingerprint density at radius 3 is 2.66 bits per heavy atom. The predicted molar refractivity (Wildman–Crippen MR) is 130 cm³/mol. The third kappa shape index (κ3) is 4.71. The lowest BCUT2D eigenvalue weighted by Crippen LogP contribution is -2.20. The Balaban J connectivity index is 1.67. The Kier molecular flexibility index (Phi) is 6.92. The molecule has 0 saturated carbocycles. The fraction of sp³-hybridized carbons (Fsp3) is 0.208. The molecule has 2 heterocycles. The van der Waals surface area contributed by atoms with Crippen molar-refractivity contribution in [2.24, 2.45) is 0 Å². The Morgan fingerprint density at radius 2 is 1.97 bits per heavy atom. The molecule has 4 aromatic rings. The second-order valence-corrected chi connectivity index (χ2v) is 9.15. The molecule has 1 unspecified atom stereocenters. The number of carbonyl (C=O) groups excluding carboxylic acids is 1. The molecule has 4 rings (SSSR count). The molecule has 1 atom stereocenters. The fourth-order valence-electron chi connectivity index (χ4n) is 3.37. The zero-order valence-corrected chi connectivity index (χ0v) is 19.7. The zero-order valence-electron chi connectivity index (χ0n) is 18.1. The SMILES string of the molecule is CCn1c(SC(C(=O)Nc2cc(C)ccc2OC)c2ccccc2)nnc1-c1cccs1. The molecule has 0 aliphatic heterocycles. The number of hydrogen-bond donors (Lipinski definition) is 1. The average molecular weight is 465 g/mol. The van der Waals surface area contributed by atoms with E-state index in [-0.39, 0.29) is 5.91 Å². The molecule has 2 aromatic heterocycles. The van der Waals surface area contributed by atoms with Crippen LogP contribution in [0.25, 0.3) is 10.7 Å². The van der Waals surface area contributed by atoms with E-state index in [1.54, 1.807) is 18.4 Å². The van der Waals surface area contributed by atoms with Crippen molar-refractivity contribution in [1.29, 1.82) is 0 Å². The van der Waals surface area contributed by atoms with Gasteiger partial charge in [0.1, 0.15) is 11.0 Å². The van der Waals surface area contributed by atoms with Gasteiger partial charge in [0.05, 0.1) is 17.7 Å². The van der Waals surface area contributed by atoms with Gasteiger partial charge in [-0.1, -0.05) is 54.2 Å². The van der Waals surface area contributed by atoms with Crippen molar-refractivity contribution in [1.82, 2.24) is 14.8 Å². The summed E-state index contributed by atoms with van der Waals surface area (Å²) in [6, 6.07) is 19.5. The monoisotopic (exact) mass is 464 g/mol.